The lowest BCUT2D eigenvalue weighted by atomic mass is 10.0. The number of hydrogen-bond acceptors (Lipinski definition) is 3. The van der Waals surface area contributed by atoms with Crippen molar-refractivity contribution in [3.63, 3.8) is 0 Å². The van der Waals surface area contributed by atoms with Crippen LogP contribution in [0.3, 0.4) is 0 Å². The maximum atomic E-state index is 9.87. The van der Waals surface area contributed by atoms with Gasteiger partial charge in [-0.3, -0.25) is 0 Å². The van der Waals surface area contributed by atoms with Crippen molar-refractivity contribution in [2.24, 2.45) is 0 Å². The molecule has 0 spiro atoms. The molecule has 0 amide bonds. The zero-order chi connectivity index (χ0) is 12.1. The van der Waals surface area contributed by atoms with E-state index in [-0.39, 0.29) is 0 Å². The summed E-state index contributed by atoms with van der Waals surface area (Å²) in [6.45, 7) is 0. The van der Waals surface area contributed by atoms with Crippen molar-refractivity contribution in [1.29, 1.82) is 0 Å². The monoisotopic (exact) mass is 287 g/mol. The fourth-order valence-corrected chi connectivity index (χ4v) is 1.93. The molecule has 0 saturated carbocycles. The molecule has 2 N–H and O–H groups in total. The van der Waals surface area contributed by atoms with Gasteiger partial charge in [0.25, 0.3) is 0 Å². The van der Waals surface area contributed by atoms with Crippen LogP contribution in [0.2, 0.25) is 0 Å². The van der Waals surface area contributed by atoms with Gasteiger partial charge in [-0.15, -0.1) is 0 Å². The summed E-state index contributed by atoms with van der Waals surface area (Å²) in [4.78, 5) is 1.99. The highest BCUT2D eigenvalue weighted by atomic mass is 79.9. The Kier molecular flexibility index (Phi) is 5.25. The van der Waals surface area contributed by atoms with E-state index in [1.165, 1.54) is 0 Å². The Morgan fingerprint density at radius 3 is 2.19 bits per heavy atom. The molecular formula is C12H18BrNO2. The summed E-state index contributed by atoms with van der Waals surface area (Å²) < 4.78 is 0. The Morgan fingerprint density at radius 1 is 1.19 bits per heavy atom. The number of aliphatic hydroxyl groups is 2. The number of halogens is 1. The predicted molar refractivity (Wildman–Crippen MR) is 70.1 cm³/mol. The lowest BCUT2D eigenvalue weighted by Crippen LogP contribution is -2.18. The van der Waals surface area contributed by atoms with Crippen LogP contribution >= 0.6 is 15.9 Å². The lowest BCUT2D eigenvalue weighted by molar-refractivity contribution is 0.0174. The van der Waals surface area contributed by atoms with Gasteiger partial charge in [0.15, 0.2) is 0 Å². The first-order valence-electron chi connectivity index (χ1n) is 5.25. The molecule has 1 rings (SSSR count). The van der Waals surface area contributed by atoms with Crippen molar-refractivity contribution < 1.29 is 10.2 Å². The molecule has 0 bridgehead atoms. The van der Waals surface area contributed by atoms with Gasteiger partial charge in [-0.2, -0.15) is 0 Å². The van der Waals surface area contributed by atoms with Crippen LogP contribution in [0.15, 0.2) is 24.3 Å². The molecule has 90 valence electrons. The molecule has 0 aromatic heterocycles. The van der Waals surface area contributed by atoms with E-state index < -0.39 is 12.2 Å². The number of aliphatic hydroxyl groups excluding tert-OH is 2. The van der Waals surface area contributed by atoms with Crippen molar-refractivity contribution in [3.05, 3.63) is 29.8 Å². The van der Waals surface area contributed by atoms with Crippen LogP contribution in [-0.2, 0) is 0 Å². The molecule has 0 fully saturated rings. The van der Waals surface area contributed by atoms with Crippen LogP contribution in [0.4, 0.5) is 5.69 Å². The molecule has 2 atom stereocenters. The van der Waals surface area contributed by atoms with Gasteiger partial charge in [0.2, 0.25) is 0 Å². The number of alkyl halides is 1. The van der Waals surface area contributed by atoms with E-state index in [0.29, 0.717) is 11.8 Å². The summed E-state index contributed by atoms with van der Waals surface area (Å²) in [5.41, 5.74) is 1.82. The van der Waals surface area contributed by atoms with Crippen LogP contribution in [0.5, 0.6) is 0 Å². The molecule has 0 radical (unpaired) electrons. The summed E-state index contributed by atoms with van der Waals surface area (Å²) >= 11 is 3.24. The zero-order valence-corrected chi connectivity index (χ0v) is 11.2. The molecule has 0 aliphatic heterocycles. The molecule has 3 nitrogen and oxygen atoms in total. The molecule has 1 aromatic carbocycles. The highest BCUT2D eigenvalue weighted by molar-refractivity contribution is 9.09. The summed E-state index contributed by atoms with van der Waals surface area (Å²) in [5, 5.41) is 20.2. The Balaban J connectivity index is 2.73. The van der Waals surface area contributed by atoms with Gasteiger partial charge in [0.05, 0.1) is 6.10 Å². The molecule has 2 unspecified atom stereocenters. The lowest BCUT2D eigenvalue weighted by Gasteiger charge is -2.18. The first-order chi connectivity index (χ1) is 7.56. The highest BCUT2D eigenvalue weighted by Crippen LogP contribution is 2.22. The van der Waals surface area contributed by atoms with E-state index in [0.717, 1.165) is 11.3 Å². The fourth-order valence-electron chi connectivity index (χ4n) is 1.46. The average molecular weight is 288 g/mol. The van der Waals surface area contributed by atoms with Crippen molar-refractivity contribution in [2.75, 3.05) is 24.3 Å². The van der Waals surface area contributed by atoms with Crippen LogP contribution in [0, 0.1) is 0 Å². The van der Waals surface area contributed by atoms with E-state index in [2.05, 4.69) is 15.9 Å². The molecule has 1 aromatic rings. The standard InChI is InChI=1S/C12H18BrNO2/c1-14(2)10-5-3-9(4-6-10)12(16)11(15)7-8-13/h3-6,11-12,15-16H,7-8H2,1-2H3. The van der Waals surface area contributed by atoms with Crippen molar-refractivity contribution >= 4 is 21.6 Å². The minimum atomic E-state index is -0.811. The van der Waals surface area contributed by atoms with E-state index in [9.17, 15) is 10.2 Å². The summed E-state index contributed by atoms with van der Waals surface area (Å²) in [7, 11) is 3.93. The van der Waals surface area contributed by atoms with E-state index in [4.69, 9.17) is 0 Å². The van der Waals surface area contributed by atoms with Crippen LogP contribution < -0.4 is 4.90 Å². The Bertz CT molecular complexity index is 313. The smallest absolute Gasteiger partial charge is 0.105 e. The summed E-state index contributed by atoms with van der Waals surface area (Å²) in [6, 6.07) is 7.55. The van der Waals surface area contributed by atoms with Gasteiger partial charge >= 0.3 is 0 Å². The zero-order valence-electron chi connectivity index (χ0n) is 9.60. The van der Waals surface area contributed by atoms with E-state index in [1.807, 2.05) is 43.3 Å². The molecule has 0 aliphatic carbocycles. The normalized spacial score (nSPS) is 14.6. The van der Waals surface area contributed by atoms with Crippen LogP contribution in [-0.4, -0.2) is 35.7 Å². The molecule has 16 heavy (non-hydrogen) atoms. The van der Waals surface area contributed by atoms with Gasteiger partial charge < -0.3 is 15.1 Å². The second kappa shape index (κ2) is 6.23. The van der Waals surface area contributed by atoms with Crippen LogP contribution in [0.25, 0.3) is 0 Å². The molecule has 0 saturated heterocycles. The fraction of sp³-hybridized carbons (Fsp3) is 0.500. The second-order valence-corrected chi connectivity index (χ2v) is 4.77. The largest absolute Gasteiger partial charge is 0.390 e. The summed E-state index contributed by atoms with van der Waals surface area (Å²) in [5.74, 6) is 0. The predicted octanol–water partition coefficient (Wildman–Crippen LogP) is 1.93. The van der Waals surface area contributed by atoms with Crippen molar-refractivity contribution in [2.45, 2.75) is 18.6 Å². The minimum Gasteiger partial charge on any atom is -0.390 e. The van der Waals surface area contributed by atoms with E-state index in [1.54, 1.807) is 0 Å². The van der Waals surface area contributed by atoms with Crippen LogP contribution in [0.1, 0.15) is 18.1 Å². The van der Waals surface area contributed by atoms with Gasteiger partial charge in [-0.1, -0.05) is 28.1 Å². The highest BCUT2D eigenvalue weighted by Gasteiger charge is 2.17. The minimum absolute atomic E-state index is 0.538. The third kappa shape index (κ3) is 3.47. The van der Waals surface area contributed by atoms with Crippen molar-refractivity contribution in [1.82, 2.24) is 0 Å². The maximum Gasteiger partial charge on any atom is 0.105 e. The van der Waals surface area contributed by atoms with E-state index >= 15 is 0 Å². The molecule has 0 aliphatic rings. The molecular weight excluding hydrogens is 270 g/mol. The molecule has 4 heteroatoms. The van der Waals surface area contributed by atoms with Gasteiger partial charge in [-0.25, -0.2) is 0 Å². The van der Waals surface area contributed by atoms with Gasteiger partial charge in [-0.05, 0) is 24.1 Å². The Morgan fingerprint density at radius 2 is 1.75 bits per heavy atom. The number of benzene rings is 1. The van der Waals surface area contributed by atoms with Crippen molar-refractivity contribution in [3.8, 4) is 0 Å². The Hall–Kier alpha value is -0.580. The van der Waals surface area contributed by atoms with Gasteiger partial charge in [0, 0.05) is 25.1 Å². The third-order valence-electron chi connectivity index (χ3n) is 2.52. The average Bonchev–Trinajstić information content (AvgIpc) is 2.28. The number of anilines is 1. The maximum absolute atomic E-state index is 9.87. The second-order valence-electron chi connectivity index (χ2n) is 3.98. The summed E-state index contributed by atoms with van der Waals surface area (Å²) in [6.07, 6.45) is -0.991. The number of hydrogen-bond donors (Lipinski definition) is 2. The SMILES string of the molecule is CN(C)c1ccc(C(O)C(O)CCBr)cc1. The first kappa shape index (κ1) is 13.5. The number of nitrogens with zero attached hydrogens (tertiary/aromatic N) is 1. The Labute approximate surface area is 105 Å². The first-order valence-corrected chi connectivity index (χ1v) is 6.37. The topological polar surface area (TPSA) is 43.7 Å². The third-order valence-corrected chi connectivity index (χ3v) is 2.98. The number of rotatable bonds is 5. The quantitative estimate of drug-likeness (QED) is 0.814. The molecule has 0 heterocycles. The van der Waals surface area contributed by atoms with Gasteiger partial charge in [0.1, 0.15) is 6.10 Å².